The van der Waals surface area contributed by atoms with Gasteiger partial charge in [0.05, 0.1) is 6.61 Å². The smallest absolute Gasteiger partial charge is 0.127 e. The predicted octanol–water partition coefficient (Wildman–Crippen LogP) is 4.37. The second kappa shape index (κ2) is 8.21. The second-order valence-electron chi connectivity index (χ2n) is 5.62. The molecule has 0 aliphatic carbocycles. The monoisotopic (exact) mass is 263 g/mol. The maximum Gasteiger partial charge on any atom is 0.127 e. The van der Waals surface area contributed by atoms with Gasteiger partial charge in [-0.2, -0.15) is 0 Å². The summed E-state index contributed by atoms with van der Waals surface area (Å²) in [6, 6.07) is 9.44. The Labute approximate surface area is 118 Å². The summed E-state index contributed by atoms with van der Waals surface area (Å²) in [5, 5.41) is 0. The van der Waals surface area contributed by atoms with Crippen LogP contribution in [-0.4, -0.2) is 20.3 Å². The van der Waals surface area contributed by atoms with Gasteiger partial charge in [0.15, 0.2) is 0 Å². The summed E-state index contributed by atoms with van der Waals surface area (Å²) in [5.74, 6) is 0.796. The Balaban J connectivity index is 2.53. The van der Waals surface area contributed by atoms with Crippen LogP contribution in [0.3, 0.4) is 0 Å². The normalized spacial score (nSPS) is 11.6. The Morgan fingerprint density at radius 3 is 2.53 bits per heavy atom. The number of rotatable bonds is 9. The Morgan fingerprint density at radius 2 is 1.95 bits per heavy atom. The van der Waals surface area contributed by atoms with E-state index in [1.165, 1.54) is 31.2 Å². The van der Waals surface area contributed by atoms with Crippen molar-refractivity contribution in [2.24, 2.45) is 0 Å². The second-order valence-corrected chi connectivity index (χ2v) is 5.62. The third kappa shape index (κ3) is 5.65. The van der Waals surface area contributed by atoms with Crippen LogP contribution in [0.25, 0.3) is 0 Å². The molecule has 0 unspecified atom stereocenters. The van der Waals surface area contributed by atoms with E-state index in [1.807, 2.05) is 6.07 Å². The first-order valence-corrected chi connectivity index (χ1v) is 7.24. The molecule has 0 saturated heterocycles. The van der Waals surface area contributed by atoms with Gasteiger partial charge in [0.25, 0.3) is 0 Å². The summed E-state index contributed by atoms with van der Waals surface area (Å²) in [7, 11) is 1.68. The van der Waals surface area contributed by atoms with E-state index in [4.69, 9.17) is 9.47 Å². The SMILES string of the molecule is CCCCCC(C)(C)c1c[c]c(OCCOC)cc1. The highest BCUT2D eigenvalue weighted by molar-refractivity contribution is 5.30. The molecule has 0 N–H and O–H groups in total. The molecule has 0 amide bonds. The average molecular weight is 263 g/mol. The van der Waals surface area contributed by atoms with E-state index >= 15 is 0 Å². The van der Waals surface area contributed by atoms with Crippen LogP contribution in [0.5, 0.6) is 5.75 Å². The molecular weight excluding hydrogens is 236 g/mol. The number of unbranched alkanes of at least 4 members (excludes halogenated alkanes) is 2. The number of hydrogen-bond donors (Lipinski definition) is 0. The van der Waals surface area contributed by atoms with Crippen molar-refractivity contribution < 1.29 is 9.47 Å². The van der Waals surface area contributed by atoms with E-state index in [0.717, 1.165) is 5.75 Å². The van der Waals surface area contributed by atoms with Crippen molar-refractivity contribution in [2.75, 3.05) is 20.3 Å². The number of hydrogen-bond acceptors (Lipinski definition) is 2. The highest BCUT2D eigenvalue weighted by atomic mass is 16.5. The van der Waals surface area contributed by atoms with Crippen molar-refractivity contribution in [3.8, 4) is 5.75 Å². The third-order valence-electron chi connectivity index (χ3n) is 3.52. The minimum absolute atomic E-state index is 0.219. The zero-order valence-electron chi connectivity index (χ0n) is 12.8. The molecule has 1 radical (unpaired) electrons. The molecule has 0 fully saturated rings. The van der Waals surface area contributed by atoms with Gasteiger partial charge in [0.1, 0.15) is 12.4 Å². The fourth-order valence-corrected chi connectivity index (χ4v) is 2.12. The van der Waals surface area contributed by atoms with Gasteiger partial charge in [-0.3, -0.25) is 0 Å². The lowest BCUT2D eigenvalue weighted by Gasteiger charge is -2.25. The van der Waals surface area contributed by atoms with Gasteiger partial charge >= 0.3 is 0 Å². The molecule has 1 rings (SSSR count). The van der Waals surface area contributed by atoms with Gasteiger partial charge in [-0.15, -0.1) is 0 Å². The quantitative estimate of drug-likeness (QED) is 0.616. The van der Waals surface area contributed by atoms with E-state index in [2.05, 4.69) is 39.0 Å². The van der Waals surface area contributed by atoms with Crippen molar-refractivity contribution in [1.82, 2.24) is 0 Å². The van der Waals surface area contributed by atoms with Gasteiger partial charge in [-0.1, -0.05) is 46.1 Å². The molecule has 0 heterocycles. The van der Waals surface area contributed by atoms with Gasteiger partial charge in [-0.05, 0) is 29.5 Å². The Morgan fingerprint density at radius 1 is 1.16 bits per heavy atom. The average Bonchev–Trinajstić information content (AvgIpc) is 2.40. The molecule has 0 atom stereocenters. The fourth-order valence-electron chi connectivity index (χ4n) is 2.12. The van der Waals surface area contributed by atoms with Crippen LogP contribution >= 0.6 is 0 Å². The van der Waals surface area contributed by atoms with Crippen molar-refractivity contribution >= 4 is 0 Å². The summed E-state index contributed by atoms with van der Waals surface area (Å²) in [5.41, 5.74) is 1.55. The number of benzene rings is 1. The molecule has 1 aromatic rings. The molecule has 19 heavy (non-hydrogen) atoms. The Bertz CT molecular complexity index is 341. The fraction of sp³-hybridized carbons (Fsp3) is 0.647. The Kier molecular flexibility index (Phi) is 6.93. The van der Waals surface area contributed by atoms with Crippen molar-refractivity contribution in [3.63, 3.8) is 0 Å². The molecular formula is C17H27O2. The topological polar surface area (TPSA) is 18.5 Å². The molecule has 0 aliphatic rings. The minimum atomic E-state index is 0.219. The predicted molar refractivity (Wildman–Crippen MR) is 79.8 cm³/mol. The first-order valence-electron chi connectivity index (χ1n) is 7.24. The van der Waals surface area contributed by atoms with E-state index in [1.54, 1.807) is 7.11 Å². The lowest BCUT2D eigenvalue weighted by atomic mass is 9.80. The van der Waals surface area contributed by atoms with Gasteiger partial charge < -0.3 is 9.47 Å². The van der Waals surface area contributed by atoms with Gasteiger partial charge in [-0.25, -0.2) is 0 Å². The van der Waals surface area contributed by atoms with E-state index < -0.39 is 0 Å². The first kappa shape index (κ1) is 16.0. The summed E-state index contributed by atoms with van der Waals surface area (Å²) in [6.07, 6.45) is 5.09. The van der Waals surface area contributed by atoms with Crippen LogP contribution in [0, 0.1) is 6.07 Å². The molecule has 0 aromatic heterocycles. The minimum Gasteiger partial charge on any atom is -0.491 e. The van der Waals surface area contributed by atoms with E-state index in [-0.39, 0.29) is 5.41 Å². The maximum absolute atomic E-state index is 5.53. The highest BCUT2D eigenvalue weighted by Gasteiger charge is 2.19. The first-order chi connectivity index (χ1) is 9.10. The summed E-state index contributed by atoms with van der Waals surface area (Å²) >= 11 is 0. The van der Waals surface area contributed by atoms with E-state index in [9.17, 15) is 0 Å². The molecule has 0 bridgehead atoms. The van der Waals surface area contributed by atoms with Crippen LogP contribution in [0.1, 0.15) is 52.0 Å². The molecule has 1 aromatic carbocycles. The number of ether oxygens (including phenoxy) is 2. The standard InChI is InChI=1S/C17H27O2/c1-5-6-7-12-17(2,3)15-8-10-16(11-9-15)19-14-13-18-4/h8-10H,5-7,12-14H2,1-4H3. The van der Waals surface area contributed by atoms with Crippen LogP contribution in [0.2, 0.25) is 0 Å². The zero-order chi connectivity index (χ0) is 14.1. The lowest BCUT2D eigenvalue weighted by Crippen LogP contribution is -2.17. The van der Waals surface area contributed by atoms with Gasteiger partial charge in [0.2, 0.25) is 0 Å². The van der Waals surface area contributed by atoms with Crippen LogP contribution in [-0.2, 0) is 10.2 Å². The third-order valence-corrected chi connectivity index (χ3v) is 3.52. The molecule has 2 nitrogen and oxygen atoms in total. The summed E-state index contributed by atoms with van der Waals surface area (Å²) < 4.78 is 10.5. The van der Waals surface area contributed by atoms with Gasteiger partial charge in [0, 0.05) is 13.2 Å². The molecule has 2 heteroatoms. The molecule has 0 spiro atoms. The van der Waals surface area contributed by atoms with Crippen LogP contribution < -0.4 is 4.74 Å². The zero-order valence-corrected chi connectivity index (χ0v) is 12.8. The van der Waals surface area contributed by atoms with Crippen LogP contribution in [0.15, 0.2) is 18.2 Å². The molecule has 0 saturated carbocycles. The summed E-state index contributed by atoms with van der Waals surface area (Å²) in [4.78, 5) is 0. The maximum atomic E-state index is 5.53. The highest BCUT2D eigenvalue weighted by Crippen LogP contribution is 2.30. The molecule has 107 valence electrons. The molecule has 0 aliphatic heterocycles. The Hall–Kier alpha value is -1.02. The van der Waals surface area contributed by atoms with E-state index in [0.29, 0.717) is 13.2 Å². The largest absolute Gasteiger partial charge is 0.491 e. The number of methoxy groups -OCH3 is 1. The van der Waals surface area contributed by atoms with Crippen molar-refractivity contribution in [1.29, 1.82) is 0 Å². The van der Waals surface area contributed by atoms with Crippen molar-refractivity contribution in [2.45, 2.75) is 51.9 Å². The summed E-state index contributed by atoms with van der Waals surface area (Å²) in [6.45, 7) is 8.03. The van der Waals surface area contributed by atoms with Crippen LogP contribution in [0.4, 0.5) is 0 Å². The lowest BCUT2D eigenvalue weighted by molar-refractivity contribution is 0.146. The van der Waals surface area contributed by atoms with Crippen molar-refractivity contribution in [3.05, 3.63) is 29.8 Å².